The third-order valence-electron chi connectivity index (χ3n) is 4.02. The first kappa shape index (κ1) is 26.1. The Balaban J connectivity index is 0.000000384. The van der Waals surface area contributed by atoms with Gasteiger partial charge in [-0.15, -0.1) is 25.7 Å². The van der Waals surface area contributed by atoms with Gasteiger partial charge in [0.25, 0.3) is 11.9 Å². The van der Waals surface area contributed by atoms with Crippen molar-refractivity contribution in [1.82, 2.24) is 0 Å². The van der Waals surface area contributed by atoms with Crippen molar-refractivity contribution >= 4 is 17.9 Å². The molecule has 3 N–H and O–H groups in total. The van der Waals surface area contributed by atoms with Crippen LogP contribution in [0.3, 0.4) is 0 Å². The molecule has 0 spiro atoms. The van der Waals surface area contributed by atoms with E-state index in [-0.39, 0.29) is 22.5 Å². The summed E-state index contributed by atoms with van der Waals surface area (Å²) in [7, 11) is 0. The molecule has 3 heterocycles. The fourth-order valence-corrected chi connectivity index (χ4v) is 2.54. The molecular formula is C18H26CoN3O6. The molecule has 0 saturated carbocycles. The van der Waals surface area contributed by atoms with E-state index < -0.39 is 30.0 Å². The first-order chi connectivity index (χ1) is 12.9. The number of carboxylic acids is 3. The quantitative estimate of drug-likeness (QED) is 0.614. The molecule has 2 fully saturated rings. The van der Waals surface area contributed by atoms with E-state index in [2.05, 4.69) is 16.0 Å². The van der Waals surface area contributed by atoms with E-state index >= 15 is 0 Å². The molecule has 158 valence electrons. The van der Waals surface area contributed by atoms with E-state index in [1.165, 1.54) is 6.08 Å². The maximum atomic E-state index is 10.3. The van der Waals surface area contributed by atoms with E-state index in [1.807, 2.05) is 0 Å². The third kappa shape index (κ3) is 11.1. The van der Waals surface area contributed by atoms with Gasteiger partial charge in [0.15, 0.2) is 0 Å². The zero-order valence-corrected chi connectivity index (χ0v) is 16.5. The minimum absolute atomic E-state index is 0. The monoisotopic (exact) mass is 439 g/mol. The molecule has 3 aliphatic rings. The van der Waals surface area contributed by atoms with Crippen molar-refractivity contribution in [2.24, 2.45) is 0 Å². The van der Waals surface area contributed by atoms with Crippen LogP contribution in [0.25, 0.3) is 16.0 Å². The summed E-state index contributed by atoms with van der Waals surface area (Å²) in [5, 5.41) is 36.8. The fourth-order valence-electron chi connectivity index (χ4n) is 2.54. The number of rotatable bonds is 3. The van der Waals surface area contributed by atoms with Gasteiger partial charge in [0.2, 0.25) is 0 Å². The molecule has 2 atom stereocenters. The Labute approximate surface area is 174 Å². The average molecular weight is 439 g/mol. The Morgan fingerprint density at radius 3 is 1.57 bits per heavy atom. The largest absolute Gasteiger partial charge is 3.00 e. The number of carboxylic acid groups (broad SMARTS) is 3. The van der Waals surface area contributed by atoms with Gasteiger partial charge in [0.05, 0.1) is 0 Å². The minimum atomic E-state index is -0.959. The van der Waals surface area contributed by atoms with Crippen molar-refractivity contribution in [2.45, 2.75) is 50.6 Å². The van der Waals surface area contributed by atoms with Crippen LogP contribution in [0.15, 0.2) is 23.9 Å². The van der Waals surface area contributed by atoms with E-state index in [4.69, 9.17) is 15.3 Å². The summed E-state index contributed by atoms with van der Waals surface area (Å²) in [6, 6.07) is -0.808. The van der Waals surface area contributed by atoms with Crippen LogP contribution in [-0.4, -0.2) is 64.9 Å². The summed E-state index contributed by atoms with van der Waals surface area (Å²) in [6.45, 7) is 1.95. The Kier molecular flexibility index (Phi) is 14.1. The standard InChI is InChI=1S/2C6H10NO2.C6H6NO2.Co/c3*8-6(9)5-3-1-2-4-7-5;/h2*5H,1-4H2,(H,8,9);1-3H,4H2,(H,8,9);/q3*-1;+3. The Morgan fingerprint density at radius 2 is 1.36 bits per heavy atom. The van der Waals surface area contributed by atoms with Crippen molar-refractivity contribution in [2.75, 3.05) is 19.6 Å². The van der Waals surface area contributed by atoms with Gasteiger partial charge in [-0.25, -0.2) is 4.79 Å². The second-order valence-corrected chi connectivity index (χ2v) is 6.14. The third-order valence-corrected chi connectivity index (χ3v) is 4.02. The maximum absolute atomic E-state index is 10.3. The number of carbonyl (C=O) groups is 3. The molecule has 0 aromatic carbocycles. The Hall–Kier alpha value is -1.88. The van der Waals surface area contributed by atoms with Gasteiger partial charge < -0.3 is 31.3 Å². The summed E-state index contributed by atoms with van der Waals surface area (Å²) in [5.41, 5.74) is 0.137. The van der Waals surface area contributed by atoms with Crippen LogP contribution in [0.1, 0.15) is 38.5 Å². The summed E-state index contributed by atoms with van der Waals surface area (Å²) in [4.78, 5) is 30.7. The first-order valence-electron chi connectivity index (χ1n) is 8.98. The predicted molar refractivity (Wildman–Crippen MR) is 100 cm³/mol. The van der Waals surface area contributed by atoms with Crippen LogP contribution in [0.4, 0.5) is 0 Å². The predicted octanol–water partition coefficient (Wildman–Crippen LogP) is 2.89. The van der Waals surface area contributed by atoms with Crippen molar-refractivity contribution in [3.63, 3.8) is 0 Å². The Morgan fingerprint density at radius 1 is 0.857 bits per heavy atom. The van der Waals surface area contributed by atoms with Gasteiger partial charge in [0, 0.05) is 0 Å². The molecule has 3 rings (SSSR count). The van der Waals surface area contributed by atoms with E-state index in [9.17, 15) is 14.4 Å². The molecule has 0 aliphatic carbocycles. The van der Waals surface area contributed by atoms with Gasteiger partial charge in [-0.1, -0.05) is 56.4 Å². The molecule has 2 saturated heterocycles. The number of aliphatic carboxylic acids is 3. The van der Waals surface area contributed by atoms with Crippen LogP contribution in [0.5, 0.6) is 0 Å². The molecule has 0 bridgehead atoms. The normalized spacial score (nSPS) is 23.1. The summed E-state index contributed by atoms with van der Waals surface area (Å²) < 4.78 is 0. The molecule has 0 aromatic rings. The van der Waals surface area contributed by atoms with E-state index in [0.717, 1.165) is 51.6 Å². The van der Waals surface area contributed by atoms with Crippen LogP contribution >= 0.6 is 0 Å². The van der Waals surface area contributed by atoms with Crippen molar-refractivity contribution < 1.29 is 46.5 Å². The van der Waals surface area contributed by atoms with Gasteiger partial charge in [-0.2, -0.15) is 0 Å². The molecular weight excluding hydrogens is 413 g/mol. The number of nitrogens with zero attached hydrogens (tertiary/aromatic N) is 3. The molecule has 3 aliphatic heterocycles. The number of hydrogen-bond donors (Lipinski definition) is 3. The van der Waals surface area contributed by atoms with Crippen molar-refractivity contribution in [3.8, 4) is 0 Å². The molecule has 9 nitrogen and oxygen atoms in total. The summed E-state index contributed by atoms with van der Waals surface area (Å²) in [6.07, 6.45) is 10.6. The zero-order valence-electron chi connectivity index (χ0n) is 15.5. The van der Waals surface area contributed by atoms with Crippen LogP contribution in [0, 0.1) is 0 Å². The van der Waals surface area contributed by atoms with Gasteiger partial charge in [-0.3, -0.25) is 9.59 Å². The Bertz CT molecular complexity index is 528. The molecule has 0 radical (unpaired) electrons. The number of allylic oxidation sites excluding steroid dienone is 2. The zero-order chi connectivity index (χ0) is 20.1. The van der Waals surface area contributed by atoms with Crippen LogP contribution in [0.2, 0.25) is 0 Å². The molecule has 0 aromatic heterocycles. The van der Waals surface area contributed by atoms with Crippen molar-refractivity contribution in [3.05, 3.63) is 39.9 Å². The maximum Gasteiger partial charge on any atom is 3.00 e. The van der Waals surface area contributed by atoms with Gasteiger partial charge in [-0.05, 0) is 12.1 Å². The average Bonchev–Trinajstić information content (AvgIpc) is 2.71. The van der Waals surface area contributed by atoms with Crippen molar-refractivity contribution in [1.29, 1.82) is 0 Å². The molecule has 28 heavy (non-hydrogen) atoms. The van der Waals surface area contributed by atoms with Gasteiger partial charge >= 0.3 is 22.7 Å². The van der Waals surface area contributed by atoms with Gasteiger partial charge in [0.1, 0.15) is 0 Å². The molecule has 10 heteroatoms. The van der Waals surface area contributed by atoms with E-state index in [0.29, 0.717) is 6.54 Å². The topological polar surface area (TPSA) is 154 Å². The van der Waals surface area contributed by atoms with E-state index in [1.54, 1.807) is 12.2 Å². The second kappa shape index (κ2) is 15.1. The molecule has 2 unspecified atom stereocenters. The number of hydrogen-bond acceptors (Lipinski definition) is 3. The molecule has 0 amide bonds. The summed E-state index contributed by atoms with van der Waals surface area (Å²) in [5.74, 6) is -2.50. The minimum Gasteiger partial charge on any atom is -0.675 e. The number of piperidine rings is 2. The summed E-state index contributed by atoms with van der Waals surface area (Å²) >= 11 is 0. The van der Waals surface area contributed by atoms with Crippen LogP contribution < -0.4 is 0 Å². The SMILES string of the molecule is O=C(O)C1=CC=CC[N-]1.O=C(O)C1CCCC[N-]1.O=C(O)C1CCCC[N-]1.[Co+3]. The first-order valence-corrected chi connectivity index (χ1v) is 8.98. The van der Waals surface area contributed by atoms with Crippen LogP contribution in [-0.2, 0) is 31.2 Å². The smallest absolute Gasteiger partial charge is 0.675 e. The fraction of sp³-hybridized carbons (Fsp3) is 0.611. The second-order valence-electron chi connectivity index (χ2n) is 6.14.